The second-order valence-corrected chi connectivity index (χ2v) is 8.11. The minimum Gasteiger partial charge on any atom is -0.397 e. The molecule has 0 unspecified atom stereocenters. The van der Waals surface area contributed by atoms with Gasteiger partial charge in [-0.15, -0.1) is 0 Å². The zero-order valence-corrected chi connectivity index (χ0v) is 19.4. The van der Waals surface area contributed by atoms with Crippen molar-refractivity contribution in [2.45, 2.75) is 46.0 Å². The summed E-state index contributed by atoms with van der Waals surface area (Å²) >= 11 is 0. The molecule has 1 aromatic rings. The summed E-state index contributed by atoms with van der Waals surface area (Å²) in [6.07, 6.45) is 15.7. The lowest BCUT2D eigenvalue weighted by atomic mass is 9.89. The molecule has 1 aliphatic rings. The number of anilines is 1. The molecule has 1 aliphatic carbocycles. The first-order valence-electron chi connectivity index (χ1n) is 11.0. The standard InChI is InChI=1S/C23H36FN9/c1-3-4-10-19(11-16(2)24)33(29)23(31-27)20-12-18(13-30-22(20)26)21(25)15-32(28)14-17-8-6-5-7-9-17/h3-4,10-13,15,17H,5-9,14,25,27-29H2,1-2H3,(H2,26,30)/b4-3-,16-11+,19-10+,21-15-,31-23-. The van der Waals surface area contributed by atoms with Crippen molar-refractivity contribution in [1.29, 1.82) is 0 Å². The van der Waals surface area contributed by atoms with Crippen LogP contribution in [-0.2, 0) is 0 Å². The maximum Gasteiger partial charge on any atom is 0.177 e. The number of nitrogens with two attached hydrogens (primary N) is 5. The summed E-state index contributed by atoms with van der Waals surface area (Å²) in [6.45, 7) is 3.87. The Morgan fingerprint density at radius 3 is 2.58 bits per heavy atom. The number of rotatable bonds is 8. The zero-order chi connectivity index (χ0) is 24.4. The van der Waals surface area contributed by atoms with E-state index in [1.54, 1.807) is 35.5 Å². The Bertz CT molecular complexity index is 939. The molecule has 1 fully saturated rings. The van der Waals surface area contributed by atoms with Gasteiger partial charge in [0, 0.05) is 24.5 Å². The lowest BCUT2D eigenvalue weighted by Gasteiger charge is -2.26. The van der Waals surface area contributed by atoms with E-state index in [9.17, 15) is 4.39 Å². The van der Waals surface area contributed by atoms with Crippen molar-refractivity contribution in [1.82, 2.24) is 15.0 Å². The Morgan fingerprint density at radius 2 is 1.97 bits per heavy atom. The van der Waals surface area contributed by atoms with Gasteiger partial charge < -0.3 is 22.3 Å². The average Bonchev–Trinajstić information content (AvgIpc) is 2.78. The summed E-state index contributed by atoms with van der Waals surface area (Å²) in [5.74, 6) is 18.4. The van der Waals surface area contributed by atoms with Crippen LogP contribution in [0.5, 0.6) is 0 Å². The molecule has 0 saturated heterocycles. The third kappa shape index (κ3) is 7.62. The van der Waals surface area contributed by atoms with Crippen molar-refractivity contribution in [3.63, 3.8) is 0 Å². The topological polar surface area (TPSA) is 162 Å². The van der Waals surface area contributed by atoms with Crippen molar-refractivity contribution in [2.24, 2.45) is 34.3 Å². The molecule has 180 valence electrons. The van der Waals surface area contributed by atoms with E-state index < -0.39 is 5.83 Å². The Balaban J connectivity index is 2.32. The normalized spacial score (nSPS) is 17.0. The molecular weight excluding hydrogens is 421 g/mol. The fourth-order valence-electron chi connectivity index (χ4n) is 3.77. The van der Waals surface area contributed by atoms with Crippen molar-refractivity contribution in [3.05, 3.63) is 65.4 Å². The molecule has 2 rings (SSSR count). The van der Waals surface area contributed by atoms with Crippen LogP contribution < -0.4 is 29.0 Å². The number of hydrogen-bond acceptors (Lipinski definition) is 8. The Hall–Kier alpha value is -3.37. The highest BCUT2D eigenvalue weighted by atomic mass is 19.1. The number of amidine groups is 1. The average molecular weight is 458 g/mol. The number of hydrogen-bond donors (Lipinski definition) is 5. The molecule has 0 atom stereocenters. The van der Waals surface area contributed by atoms with Gasteiger partial charge in [0.2, 0.25) is 0 Å². The molecule has 0 amide bonds. The van der Waals surface area contributed by atoms with Crippen LogP contribution in [0.25, 0.3) is 5.70 Å². The summed E-state index contributed by atoms with van der Waals surface area (Å²) in [6, 6.07) is 1.67. The number of hydrazine groups is 2. The van der Waals surface area contributed by atoms with Gasteiger partial charge in [-0.1, -0.05) is 31.4 Å². The molecule has 1 aromatic heterocycles. The van der Waals surface area contributed by atoms with E-state index in [2.05, 4.69) is 10.1 Å². The highest BCUT2D eigenvalue weighted by Crippen LogP contribution is 2.24. The van der Waals surface area contributed by atoms with Gasteiger partial charge in [0.1, 0.15) is 5.82 Å². The Morgan fingerprint density at radius 1 is 1.27 bits per heavy atom. The predicted molar refractivity (Wildman–Crippen MR) is 133 cm³/mol. The van der Waals surface area contributed by atoms with Crippen molar-refractivity contribution >= 4 is 17.4 Å². The lowest BCUT2D eigenvalue weighted by Crippen LogP contribution is -2.38. The van der Waals surface area contributed by atoms with Crippen LogP contribution in [0.1, 0.15) is 57.1 Å². The van der Waals surface area contributed by atoms with Crippen LogP contribution in [0.3, 0.4) is 0 Å². The van der Waals surface area contributed by atoms with Crippen LogP contribution in [-0.4, -0.2) is 27.4 Å². The molecule has 10 N–H and O–H groups in total. The maximum absolute atomic E-state index is 13.6. The fourth-order valence-corrected chi connectivity index (χ4v) is 3.77. The van der Waals surface area contributed by atoms with Gasteiger partial charge in [-0.3, -0.25) is 5.01 Å². The molecular formula is C23H36FN9. The Kier molecular flexibility index (Phi) is 9.89. The Labute approximate surface area is 195 Å². The molecule has 0 aromatic carbocycles. The molecule has 10 heteroatoms. The largest absolute Gasteiger partial charge is 0.397 e. The molecule has 1 heterocycles. The molecule has 0 bridgehead atoms. The number of hydrazone groups is 1. The van der Waals surface area contributed by atoms with E-state index in [-0.39, 0.29) is 11.7 Å². The molecule has 0 radical (unpaired) electrons. The minimum absolute atomic E-state index is 0.0923. The second kappa shape index (κ2) is 12.6. The summed E-state index contributed by atoms with van der Waals surface area (Å²) in [4.78, 5) is 4.21. The van der Waals surface area contributed by atoms with Crippen molar-refractivity contribution in [2.75, 3.05) is 12.3 Å². The van der Waals surface area contributed by atoms with E-state index in [0.29, 0.717) is 28.4 Å². The van der Waals surface area contributed by atoms with E-state index in [0.717, 1.165) is 11.6 Å². The van der Waals surface area contributed by atoms with E-state index in [1.165, 1.54) is 51.3 Å². The monoisotopic (exact) mass is 457 g/mol. The van der Waals surface area contributed by atoms with Gasteiger partial charge in [-0.2, -0.15) is 5.10 Å². The molecule has 9 nitrogen and oxygen atoms in total. The van der Waals surface area contributed by atoms with Gasteiger partial charge in [0.15, 0.2) is 5.84 Å². The number of nitrogen functional groups attached to an aromatic ring is 1. The van der Waals surface area contributed by atoms with Crippen LogP contribution >= 0.6 is 0 Å². The van der Waals surface area contributed by atoms with Gasteiger partial charge in [0.05, 0.1) is 22.8 Å². The summed E-state index contributed by atoms with van der Waals surface area (Å²) in [5, 5.41) is 6.53. The van der Waals surface area contributed by atoms with E-state index in [4.69, 9.17) is 29.0 Å². The van der Waals surface area contributed by atoms with Crippen LogP contribution in [0.4, 0.5) is 10.2 Å². The van der Waals surface area contributed by atoms with Crippen molar-refractivity contribution < 1.29 is 4.39 Å². The quantitative estimate of drug-likeness (QED) is 0.131. The smallest absolute Gasteiger partial charge is 0.177 e. The minimum atomic E-state index is -0.439. The van der Waals surface area contributed by atoms with Gasteiger partial charge in [-0.05, 0) is 50.8 Å². The highest BCUT2D eigenvalue weighted by Gasteiger charge is 2.19. The first-order valence-corrected chi connectivity index (χ1v) is 11.0. The number of pyridine rings is 1. The van der Waals surface area contributed by atoms with E-state index in [1.807, 2.05) is 6.92 Å². The molecule has 33 heavy (non-hydrogen) atoms. The zero-order valence-electron chi connectivity index (χ0n) is 19.4. The number of nitrogens with zero attached hydrogens (tertiary/aromatic N) is 4. The molecule has 0 spiro atoms. The summed E-state index contributed by atoms with van der Waals surface area (Å²) in [5.41, 5.74) is 14.0. The third-order valence-electron chi connectivity index (χ3n) is 5.43. The van der Waals surface area contributed by atoms with Gasteiger partial charge in [0.25, 0.3) is 0 Å². The summed E-state index contributed by atoms with van der Waals surface area (Å²) in [7, 11) is 0. The van der Waals surface area contributed by atoms with Gasteiger partial charge in [-0.25, -0.2) is 21.1 Å². The molecule has 0 aliphatic heterocycles. The lowest BCUT2D eigenvalue weighted by molar-refractivity contribution is 0.259. The second-order valence-electron chi connectivity index (χ2n) is 8.11. The number of allylic oxidation sites excluding steroid dienone is 5. The summed E-state index contributed by atoms with van der Waals surface area (Å²) < 4.78 is 13.6. The SMILES string of the molecule is C\C=C/C=C(\C=C(/C)F)N(N)/C(=N\N)c1cc(/C(N)=C/N(N)CC2CCCCC2)cnc1N. The van der Waals surface area contributed by atoms with E-state index >= 15 is 0 Å². The fraction of sp³-hybridized carbons (Fsp3) is 0.391. The first-order chi connectivity index (χ1) is 15.8. The molecule has 1 saturated carbocycles. The predicted octanol–water partition coefficient (Wildman–Crippen LogP) is 2.81. The number of aromatic nitrogens is 1. The first kappa shape index (κ1) is 25.9. The third-order valence-corrected chi connectivity index (χ3v) is 5.43. The van der Waals surface area contributed by atoms with Crippen LogP contribution in [0.2, 0.25) is 0 Å². The van der Waals surface area contributed by atoms with Crippen molar-refractivity contribution in [3.8, 4) is 0 Å². The maximum atomic E-state index is 13.6. The number of halogens is 1. The highest BCUT2D eigenvalue weighted by molar-refractivity contribution is 6.03. The van der Waals surface area contributed by atoms with Crippen LogP contribution in [0.15, 0.2) is 59.4 Å². The van der Waals surface area contributed by atoms with Crippen LogP contribution in [0, 0.1) is 5.92 Å². The van der Waals surface area contributed by atoms with Gasteiger partial charge >= 0.3 is 0 Å².